The van der Waals surface area contributed by atoms with E-state index in [4.69, 9.17) is 24.3 Å². The quantitative estimate of drug-likeness (QED) is 0.0295. The minimum Gasteiger partial charge on any atom is -0.498 e. The zero-order valence-corrected chi connectivity index (χ0v) is 30.3. The third kappa shape index (κ3) is 34.2. The highest BCUT2D eigenvalue weighted by Crippen LogP contribution is 2.43. The van der Waals surface area contributed by atoms with Crippen molar-refractivity contribution in [2.24, 2.45) is 5.73 Å². The molecule has 8 nitrogen and oxygen atoms in total. The van der Waals surface area contributed by atoms with Gasteiger partial charge >= 0.3 is 13.8 Å². The summed E-state index contributed by atoms with van der Waals surface area (Å²) in [5.41, 5.74) is 5.34. The number of unbranched alkanes of at least 4 members (excludes halogenated alkanes) is 23. The molecule has 0 heterocycles. The van der Waals surface area contributed by atoms with Gasteiger partial charge < -0.3 is 20.1 Å². The van der Waals surface area contributed by atoms with Crippen LogP contribution >= 0.6 is 7.82 Å². The second kappa shape index (κ2) is 34.4. The summed E-state index contributed by atoms with van der Waals surface area (Å²) in [7, 11) is -4.28. The molecule has 0 bridgehead atoms. The van der Waals surface area contributed by atoms with Gasteiger partial charge in [-0.25, -0.2) is 4.57 Å². The van der Waals surface area contributed by atoms with E-state index in [1.165, 1.54) is 128 Å². The summed E-state index contributed by atoms with van der Waals surface area (Å²) in [6.45, 7) is 4.24. The Morgan fingerprint density at radius 1 is 0.667 bits per heavy atom. The molecule has 0 radical (unpaired) electrons. The van der Waals surface area contributed by atoms with E-state index in [-0.39, 0.29) is 32.3 Å². The lowest BCUT2D eigenvalue weighted by Gasteiger charge is -2.19. The summed E-state index contributed by atoms with van der Waals surface area (Å²) in [5.74, 6) is -0.351. The maximum absolute atomic E-state index is 12.5. The van der Waals surface area contributed by atoms with Crippen LogP contribution < -0.4 is 5.73 Å². The second-order valence-corrected chi connectivity index (χ2v) is 14.0. The van der Waals surface area contributed by atoms with E-state index in [9.17, 15) is 14.3 Å². The van der Waals surface area contributed by atoms with Crippen molar-refractivity contribution in [1.29, 1.82) is 0 Å². The van der Waals surface area contributed by atoms with Gasteiger partial charge in [-0.15, -0.1) is 0 Å². The average Bonchev–Trinajstić information content (AvgIpc) is 3.02. The first-order valence-corrected chi connectivity index (χ1v) is 20.2. The molecular formula is C36H72NO7P. The zero-order valence-electron chi connectivity index (χ0n) is 29.4. The van der Waals surface area contributed by atoms with Gasteiger partial charge in [-0.3, -0.25) is 13.8 Å². The van der Waals surface area contributed by atoms with E-state index in [1.807, 2.05) is 6.08 Å². The second-order valence-electron chi connectivity index (χ2n) is 12.5. The Morgan fingerprint density at radius 3 is 1.58 bits per heavy atom. The van der Waals surface area contributed by atoms with Gasteiger partial charge in [-0.1, -0.05) is 155 Å². The Labute approximate surface area is 277 Å². The third-order valence-electron chi connectivity index (χ3n) is 8.03. The average molecular weight is 662 g/mol. The number of phosphoric ester groups is 1. The number of esters is 1. The van der Waals surface area contributed by atoms with Gasteiger partial charge in [0.15, 0.2) is 6.10 Å². The van der Waals surface area contributed by atoms with Crippen molar-refractivity contribution >= 4 is 13.8 Å². The van der Waals surface area contributed by atoms with Crippen LogP contribution in [0.25, 0.3) is 0 Å². The minimum atomic E-state index is -4.28. The Balaban J connectivity index is 4.13. The van der Waals surface area contributed by atoms with E-state index in [0.29, 0.717) is 6.42 Å². The highest BCUT2D eigenvalue weighted by Gasteiger charge is 2.25. The number of hydrogen-bond acceptors (Lipinski definition) is 7. The first-order valence-electron chi connectivity index (χ1n) is 18.7. The number of hydrogen-bond donors (Lipinski definition) is 2. The molecule has 0 aliphatic carbocycles. The van der Waals surface area contributed by atoms with Gasteiger partial charge in [0.25, 0.3) is 0 Å². The van der Waals surface area contributed by atoms with Gasteiger partial charge in [0.1, 0.15) is 6.61 Å². The summed E-state index contributed by atoms with van der Waals surface area (Å²) in [6.07, 6.45) is 34.5. The van der Waals surface area contributed by atoms with Crippen LogP contribution in [-0.2, 0) is 27.9 Å². The predicted molar refractivity (Wildman–Crippen MR) is 187 cm³/mol. The molecule has 0 aromatic carbocycles. The van der Waals surface area contributed by atoms with Crippen molar-refractivity contribution in [3.05, 3.63) is 12.3 Å². The minimum absolute atomic E-state index is 0.0377. The van der Waals surface area contributed by atoms with Crippen molar-refractivity contribution in [2.45, 2.75) is 187 Å². The molecule has 0 aromatic rings. The first kappa shape index (κ1) is 44.1. The number of nitrogens with two attached hydrogens (primary N) is 1. The van der Waals surface area contributed by atoms with Crippen LogP contribution in [0.3, 0.4) is 0 Å². The SMILES string of the molecule is CCCCCCCCCCCCCC/C=C\OC[C@H](COP(=O)(O)OCCN)OC(=O)CCCCCCCCCCCCCC. The molecule has 0 fully saturated rings. The van der Waals surface area contributed by atoms with Crippen molar-refractivity contribution in [2.75, 3.05) is 26.4 Å². The Kier molecular flexibility index (Phi) is 33.7. The molecule has 3 N–H and O–H groups in total. The van der Waals surface area contributed by atoms with Crippen molar-refractivity contribution < 1.29 is 32.8 Å². The normalized spacial score (nSPS) is 13.7. The van der Waals surface area contributed by atoms with E-state index in [0.717, 1.165) is 32.1 Å². The summed E-state index contributed by atoms with van der Waals surface area (Å²) < 4.78 is 33.0. The lowest BCUT2D eigenvalue weighted by atomic mass is 10.0. The van der Waals surface area contributed by atoms with E-state index in [2.05, 4.69) is 13.8 Å². The lowest BCUT2D eigenvalue weighted by Crippen LogP contribution is -2.27. The fourth-order valence-electron chi connectivity index (χ4n) is 5.26. The third-order valence-corrected chi connectivity index (χ3v) is 9.01. The van der Waals surface area contributed by atoms with Crippen LogP contribution in [0, 0.1) is 0 Å². The first-order chi connectivity index (χ1) is 21.9. The van der Waals surface area contributed by atoms with Gasteiger partial charge in [0, 0.05) is 13.0 Å². The molecule has 0 aromatic heterocycles. The number of phosphoric acid groups is 1. The van der Waals surface area contributed by atoms with Crippen molar-refractivity contribution in [3.8, 4) is 0 Å². The van der Waals surface area contributed by atoms with Gasteiger partial charge in [0.2, 0.25) is 0 Å². The molecule has 0 amide bonds. The number of ether oxygens (including phenoxy) is 2. The predicted octanol–water partition coefficient (Wildman–Crippen LogP) is 10.7. The number of carbonyl (C=O) groups excluding carboxylic acids is 1. The molecule has 0 aliphatic heterocycles. The summed E-state index contributed by atoms with van der Waals surface area (Å²) in [6, 6.07) is 0. The molecule has 0 spiro atoms. The molecular weight excluding hydrogens is 589 g/mol. The van der Waals surface area contributed by atoms with E-state index in [1.54, 1.807) is 6.26 Å². The fraction of sp³-hybridized carbons (Fsp3) is 0.917. The maximum Gasteiger partial charge on any atom is 0.472 e. The van der Waals surface area contributed by atoms with Gasteiger partial charge in [0.05, 0.1) is 19.5 Å². The van der Waals surface area contributed by atoms with Crippen molar-refractivity contribution in [3.63, 3.8) is 0 Å². The van der Waals surface area contributed by atoms with Crippen LogP contribution in [0.2, 0.25) is 0 Å². The molecule has 0 saturated carbocycles. The monoisotopic (exact) mass is 662 g/mol. The molecule has 0 saturated heterocycles. The van der Waals surface area contributed by atoms with Crippen LogP contribution in [0.15, 0.2) is 12.3 Å². The lowest BCUT2D eigenvalue weighted by molar-refractivity contribution is -0.153. The summed E-state index contributed by atoms with van der Waals surface area (Å²) >= 11 is 0. The topological polar surface area (TPSA) is 117 Å². The van der Waals surface area contributed by atoms with Gasteiger partial charge in [-0.05, 0) is 25.3 Å². The maximum atomic E-state index is 12.5. The molecule has 0 aliphatic rings. The van der Waals surface area contributed by atoms with Gasteiger partial charge in [-0.2, -0.15) is 0 Å². The fourth-order valence-corrected chi connectivity index (χ4v) is 6.02. The number of allylic oxidation sites excluding steroid dienone is 1. The summed E-state index contributed by atoms with van der Waals surface area (Å²) in [5, 5.41) is 0. The molecule has 1 unspecified atom stereocenters. The zero-order chi connectivity index (χ0) is 33.1. The van der Waals surface area contributed by atoms with E-state index >= 15 is 0 Å². The highest BCUT2D eigenvalue weighted by molar-refractivity contribution is 7.47. The van der Waals surface area contributed by atoms with Crippen LogP contribution in [0.4, 0.5) is 0 Å². The Morgan fingerprint density at radius 2 is 1.11 bits per heavy atom. The molecule has 268 valence electrons. The Bertz CT molecular complexity index is 707. The van der Waals surface area contributed by atoms with Crippen LogP contribution in [-0.4, -0.2) is 43.3 Å². The smallest absolute Gasteiger partial charge is 0.472 e. The molecule has 2 atom stereocenters. The molecule has 9 heteroatoms. The van der Waals surface area contributed by atoms with Crippen LogP contribution in [0.1, 0.15) is 181 Å². The largest absolute Gasteiger partial charge is 0.498 e. The summed E-state index contributed by atoms with van der Waals surface area (Å²) in [4.78, 5) is 22.3. The highest BCUT2D eigenvalue weighted by atomic mass is 31.2. The van der Waals surface area contributed by atoms with E-state index < -0.39 is 13.9 Å². The Hall–Kier alpha value is -0.920. The standard InChI is InChI=1S/C36H72NO7P/c1-3-5-7-9-11-13-15-17-18-20-22-24-26-28-31-41-33-35(34-43-45(39,40)42-32-30-37)44-36(38)29-27-25-23-21-19-16-14-12-10-8-6-4-2/h28,31,35H,3-27,29-30,32-34,37H2,1-2H3,(H,39,40)/b31-28-/t35-/m1/s1. The molecule has 45 heavy (non-hydrogen) atoms. The van der Waals surface area contributed by atoms with Crippen LogP contribution in [0.5, 0.6) is 0 Å². The number of carbonyl (C=O) groups is 1. The molecule has 0 rings (SSSR count). The van der Waals surface area contributed by atoms with Crippen molar-refractivity contribution in [1.82, 2.24) is 0 Å². The number of rotatable bonds is 36.